The number of hydrogen-bond acceptors (Lipinski definition) is 1. The summed E-state index contributed by atoms with van der Waals surface area (Å²) in [6, 6.07) is 11.9. The molecule has 0 amide bonds. The largest absolute Gasteiger partial charge is 0.316 e. The second-order valence-corrected chi connectivity index (χ2v) is 6.51. The van der Waals surface area contributed by atoms with Crippen LogP contribution in [0.5, 0.6) is 0 Å². The second-order valence-electron chi connectivity index (χ2n) is 5.59. The van der Waals surface area contributed by atoms with Crippen LogP contribution in [0.2, 0.25) is 0 Å². The molecule has 21 heavy (non-hydrogen) atoms. The number of likely N-dealkylation sites (N-methyl/N-ethyl adjacent to an activating group) is 1. The molecule has 1 atom stereocenters. The molecule has 0 heterocycles. The SMILES string of the molecule is CNC(Cc1cc(F)cc(Br)c1)Cc1ccc(C)c(C)c1. The maximum Gasteiger partial charge on any atom is 0.124 e. The fourth-order valence-corrected chi connectivity index (χ4v) is 3.02. The summed E-state index contributed by atoms with van der Waals surface area (Å²) in [7, 11) is 1.96. The van der Waals surface area contributed by atoms with Crippen molar-refractivity contribution >= 4 is 15.9 Å². The number of benzene rings is 2. The summed E-state index contributed by atoms with van der Waals surface area (Å²) >= 11 is 3.35. The van der Waals surface area contributed by atoms with E-state index in [0.717, 1.165) is 22.9 Å². The minimum Gasteiger partial charge on any atom is -0.316 e. The van der Waals surface area contributed by atoms with Crippen LogP contribution in [-0.4, -0.2) is 13.1 Å². The standard InChI is InChI=1S/C18H21BrFN/c1-12-4-5-14(6-13(12)2)9-18(21-3)10-15-7-16(19)11-17(20)8-15/h4-8,11,18,21H,9-10H2,1-3H3. The van der Waals surface area contributed by atoms with E-state index in [1.807, 2.05) is 13.1 Å². The van der Waals surface area contributed by atoms with Gasteiger partial charge < -0.3 is 5.32 Å². The van der Waals surface area contributed by atoms with Crippen molar-refractivity contribution in [2.24, 2.45) is 0 Å². The first kappa shape index (κ1) is 16.2. The van der Waals surface area contributed by atoms with Crippen LogP contribution in [-0.2, 0) is 12.8 Å². The van der Waals surface area contributed by atoms with Gasteiger partial charge in [0, 0.05) is 10.5 Å². The van der Waals surface area contributed by atoms with Crippen LogP contribution >= 0.6 is 15.9 Å². The van der Waals surface area contributed by atoms with Gasteiger partial charge in [0.1, 0.15) is 5.82 Å². The Kier molecular flexibility index (Phi) is 5.54. The van der Waals surface area contributed by atoms with Crippen LogP contribution in [0, 0.1) is 19.7 Å². The van der Waals surface area contributed by atoms with E-state index >= 15 is 0 Å². The van der Waals surface area contributed by atoms with E-state index < -0.39 is 0 Å². The summed E-state index contributed by atoms with van der Waals surface area (Å²) in [5.74, 6) is -0.194. The quantitative estimate of drug-likeness (QED) is 0.832. The third kappa shape index (κ3) is 4.65. The van der Waals surface area contributed by atoms with Crippen LogP contribution in [0.4, 0.5) is 4.39 Å². The van der Waals surface area contributed by atoms with E-state index in [4.69, 9.17) is 0 Å². The van der Waals surface area contributed by atoms with Crippen molar-refractivity contribution in [2.75, 3.05) is 7.05 Å². The maximum absolute atomic E-state index is 13.5. The molecule has 0 aliphatic carbocycles. The maximum atomic E-state index is 13.5. The van der Waals surface area contributed by atoms with Crippen LogP contribution in [0.1, 0.15) is 22.3 Å². The lowest BCUT2D eigenvalue weighted by atomic mass is 9.97. The summed E-state index contributed by atoms with van der Waals surface area (Å²) in [5, 5.41) is 3.33. The topological polar surface area (TPSA) is 12.0 Å². The molecule has 112 valence electrons. The fourth-order valence-electron chi connectivity index (χ4n) is 2.50. The molecule has 0 bridgehead atoms. The fraction of sp³-hybridized carbons (Fsp3) is 0.333. The first-order valence-electron chi connectivity index (χ1n) is 7.16. The molecule has 1 unspecified atom stereocenters. The molecule has 2 aromatic rings. The normalized spacial score (nSPS) is 12.4. The average Bonchev–Trinajstić information content (AvgIpc) is 2.41. The first-order chi connectivity index (χ1) is 9.97. The van der Waals surface area contributed by atoms with E-state index in [2.05, 4.69) is 53.3 Å². The van der Waals surface area contributed by atoms with Crippen molar-refractivity contribution in [3.63, 3.8) is 0 Å². The summed E-state index contributed by atoms with van der Waals surface area (Å²) in [6.07, 6.45) is 1.74. The highest BCUT2D eigenvalue weighted by Gasteiger charge is 2.10. The van der Waals surface area contributed by atoms with Gasteiger partial charge in [0.15, 0.2) is 0 Å². The molecule has 0 aliphatic heterocycles. The van der Waals surface area contributed by atoms with Crippen LogP contribution in [0.3, 0.4) is 0 Å². The summed E-state index contributed by atoms with van der Waals surface area (Å²) in [4.78, 5) is 0. The number of nitrogens with one attached hydrogen (secondary N) is 1. The molecule has 0 radical (unpaired) electrons. The Labute approximate surface area is 134 Å². The molecule has 0 spiro atoms. The average molecular weight is 350 g/mol. The molecule has 3 heteroatoms. The zero-order valence-electron chi connectivity index (χ0n) is 12.7. The molecule has 2 aromatic carbocycles. The van der Waals surface area contributed by atoms with Gasteiger partial charge in [-0.25, -0.2) is 4.39 Å². The van der Waals surface area contributed by atoms with Crippen molar-refractivity contribution in [3.05, 3.63) is 68.9 Å². The molecule has 2 rings (SSSR count). The Balaban J connectivity index is 2.10. The van der Waals surface area contributed by atoms with Crippen molar-refractivity contribution in [2.45, 2.75) is 32.7 Å². The van der Waals surface area contributed by atoms with Crippen LogP contribution in [0.25, 0.3) is 0 Å². The third-order valence-electron chi connectivity index (χ3n) is 3.87. The van der Waals surface area contributed by atoms with Gasteiger partial charge in [-0.3, -0.25) is 0 Å². The molecule has 0 fully saturated rings. The molecule has 1 N–H and O–H groups in total. The van der Waals surface area contributed by atoms with Gasteiger partial charge in [0.25, 0.3) is 0 Å². The smallest absolute Gasteiger partial charge is 0.124 e. The summed E-state index contributed by atoms with van der Waals surface area (Å²) in [6.45, 7) is 4.26. The molecule has 0 saturated heterocycles. The Morgan fingerprint density at radius 3 is 2.33 bits per heavy atom. The minimum absolute atomic E-state index is 0.194. The predicted molar refractivity (Wildman–Crippen MR) is 90.3 cm³/mol. The Hall–Kier alpha value is -1.19. The van der Waals surface area contributed by atoms with E-state index in [1.165, 1.54) is 22.8 Å². The molecule has 0 saturated carbocycles. The third-order valence-corrected chi connectivity index (χ3v) is 4.32. The van der Waals surface area contributed by atoms with Crippen LogP contribution < -0.4 is 5.32 Å². The van der Waals surface area contributed by atoms with Crippen molar-refractivity contribution in [1.82, 2.24) is 5.32 Å². The lowest BCUT2D eigenvalue weighted by Gasteiger charge is -2.17. The second kappa shape index (κ2) is 7.19. The number of rotatable bonds is 5. The zero-order chi connectivity index (χ0) is 15.4. The van der Waals surface area contributed by atoms with Gasteiger partial charge in [-0.2, -0.15) is 0 Å². The van der Waals surface area contributed by atoms with Gasteiger partial charge in [0.05, 0.1) is 0 Å². The van der Waals surface area contributed by atoms with Gasteiger partial charge in [0.2, 0.25) is 0 Å². The van der Waals surface area contributed by atoms with E-state index in [9.17, 15) is 4.39 Å². The van der Waals surface area contributed by atoms with E-state index in [0.29, 0.717) is 6.04 Å². The molecule has 0 aromatic heterocycles. The Morgan fingerprint density at radius 2 is 1.71 bits per heavy atom. The molecular weight excluding hydrogens is 329 g/mol. The van der Waals surface area contributed by atoms with Gasteiger partial charge in [-0.05, 0) is 74.2 Å². The van der Waals surface area contributed by atoms with Crippen LogP contribution in [0.15, 0.2) is 40.9 Å². The predicted octanol–water partition coefficient (Wildman–Crippen LogP) is 4.58. The highest BCUT2D eigenvalue weighted by Crippen LogP contribution is 2.18. The monoisotopic (exact) mass is 349 g/mol. The van der Waals surface area contributed by atoms with Crippen molar-refractivity contribution in [3.8, 4) is 0 Å². The zero-order valence-corrected chi connectivity index (χ0v) is 14.3. The molecule has 0 aliphatic rings. The molecular formula is C18H21BrFN. The highest BCUT2D eigenvalue weighted by atomic mass is 79.9. The Bertz CT molecular complexity index is 604. The van der Waals surface area contributed by atoms with Crippen molar-refractivity contribution in [1.29, 1.82) is 0 Å². The number of halogens is 2. The summed E-state index contributed by atoms with van der Waals surface area (Å²) in [5.41, 5.74) is 4.95. The highest BCUT2D eigenvalue weighted by molar-refractivity contribution is 9.10. The van der Waals surface area contributed by atoms with Gasteiger partial charge >= 0.3 is 0 Å². The van der Waals surface area contributed by atoms with Gasteiger partial charge in [-0.15, -0.1) is 0 Å². The summed E-state index contributed by atoms with van der Waals surface area (Å²) < 4.78 is 14.2. The molecule has 1 nitrogen and oxygen atoms in total. The first-order valence-corrected chi connectivity index (χ1v) is 7.95. The van der Waals surface area contributed by atoms with Gasteiger partial charge in [-0.1, -0.05) is 34.1 Å². The van der Waals surface area contributed by atoms with E-state index in [1.54, 1.807) is 6.07 Å². The number of hydrogen-bond donors (Lipinski definition) is 1. The number of aryl methyl sites for hydroxylation is 2. The lowest BCUT2D eigenvalue weighted by Crippen LogP contribution is -2.30. The minimum atomic E-state index is -0.194. The lowest BCUT2D eigenvalue weighted by molar-refractivity contribution is 0.552. The van der Waals surface area contributed by atoms with E-state index in [-0.39, 0.29) is 5.82 Å². The Morgan fingerprint density at radius 1 is 1.00 bits per heavy atom. The van der Waals surface area contributed by atoms with Crippen molar-refractivity contribution < 1.29 is 4.39 Å².